The largest absolute Gasteiger partial charge is 0.396 e. The van der Waals surface area contributed by atoms with Crippen LogP contribution in [0.15, 0.2) is 29.6 Å². The minimum absolute atomic E-state index is 0.0479. The molecule has 0 radical (unpaired) electrons. The lowest BCUT2D eigenvalue weighted by molar-refractivity contribution is -0.301. The molecule has 1 saturated heterocycles. The van der Waals surface area contributed by atoms with Gasteiger partial charge in [-0.1, -0.05) is 0 Å². The van der Waals surface area contributed by atoms with Crippen molar-refractivity contribution in [3.05, 3.63) is 35.2 Å². The molecule has 1 aromatic heterocycles. The van der Waals surface area contributed by atoms with Crippen LogP contribution in [0.4, 0.5) is 0 Å². The van der Waals surface area contributed by atoms with E-state index >= 15 is 0 Å². The van der Waals surface area contributed by atoms with Crippen molar-refractivity contribution in [3.63, 3.8) is 0 Å². The normalized spacial score (nSPS) is 38.7. The Hall–Kier alpha value is -1.71. The van der Waals surface area contributed by atoms with Gasteiger partial charge in [0.2, 0.25) is 0 Å². The number of fused-ring (bicyclic) bond motifs is 1. The number of hydrogen-bond donors (Lipinski definition) is 8. The van der Waals surface area contributed by atoms with Crippen LogP contribution in [0.2, 0.25) is 0 Å². The molecule has 1 aliphatic heterocycles. The first kappa shape index (κ1) is 25.4. The maximum absolute atomic E-state index is 13.0. The molecule has 0 bridgehead atoms. The zero-order chi connectivity index (χ0) is 24.6. The maximum atomic E-state index is 13.0. The van der Waals surface area contributed by atoms with Crippen LogP contribution in [0, 0.1) is 5.92 Å². The molecule has 8 N–H and O–H groups in total. The number of carbonyl (C=O) groups is 1. The first-order valence-electron chi connectivity index (χ1n) is 11.0. The number of hydrogen-bond acceptors (Lipinski definition) is 11. The molecule has 1 amide bonds. The Balaban J connectivity index is 1.55. The van der Waals surface area contributed by atoms with Crippen LogP contribution in [0.3, 0.4) is 0 Å². The van der Waals surface area contributed by atoms with Crippen LogP contribution >= 0.6 is 11.3 Å². The number of carbonyl (C=O) groups excluding carboxylic acids is 1. The lowest BCUT2D eigenvalue weighted by Crippen LogP contribution is -2.66. The van der Waals surface area contributed by atoms with Crippen molar-refractivity contribution in [3.8, 4) is 0 Å². The number of rotatable bonds is 6. The van der Waals surface area contributed by atoms with E-state index in [-0.39, 0.29) is 6.42 Å². The van der Waals surface area contributed by atoms with E-state index in [2.05, 4.69) is 5.32 Å². The summed E-state index contributed by atoms with van der Waals surface area (Å²) in [6, 6.07) is 5.63. The van der Waals surface area contributed by atoms with Gasteiger partial charge in [-0.05, 0) is 41.5 Å². The SMILES string of the molecule is O=C(N[C@H]1[C@@H](OC2C[C@H](CO)[C@@H](O)[C@@H](O)[C@H]2O)O[C@H](CO)[C@@H](O)[C@@H]1O)c1ccc2sccc2c1. The Morgan fingerprint density at radius 3 is 2.47 bits per heavy atom. The number of ether oxygens (including phenoxy) is 2. The third kappa shape index (κ3) is 4.84. The predicted molar refractivity (Wildman–Crippen MR) is 119 cm³/mol. The summed E-state index contributed by atoms with van der Waals surface area (Å²) in [5, 5.41) is 76.0. The molecule has 1 saturated carbocycles. The zero-order valence-corrected chi connectivity index (χ0v) is 18.9. The molecule has 34 heavy (non-hydrogen) atoms. The molecule has 188 valence electrons. The standard InChI is InChI=1S/C22H29NO10S/c24-7-11-6-12(17(27)20(30)16(11)26)32-22-15(19(29)18(28)13(8-25)33-22)23-21(31)10-1-2-14-9(5-10)3-4-34-14/h1-5,11-13,15-20,22,24-30H,6-8H2,(H,23,31)/t11-,12?,13-,15-,16-,17+,18-,19-,20-,22+/m1/s1. The van der Waals surface area contributed by atoms with Gasteiger partial charge in [0.15, 0.2) is 6.29 Å². The van der Waals surface area contributed by atoms with Gasteiger partial charge in [0.1, 0.15) is 36.6 Å². The summed E-state index contributed by atoms with van der Waals surface area (Å²) in [5.41, 5.74) is 0.298. The first-order valence-corrected chi connectivity index (χ1v) is 11.8. The highest BCUT2D eigenvalue weighted by molar-refractivity contribution is 7.17. The van der Waals surface area contributed by atoms with Gasteiger partial charge in [0.05, 0.1) is 18.8 Å². The van der Waals surface area contributed by atoms with E-state index in [9.17, 15) is 40.5 Å². The van der Waals surface area contributed by atoms with Gasteiger partial charge in [-0.15, -0.1) is 11.3 Å². The molecule has 1 unspecified atom stereocenters. The van der Waals surface area contributed by atoms with Crippen molar-refractivity contribution in [2.24, 2.45) is 5.92 Å². The molecular weight excluding hydrogens is 470 g/mol. The van der Waals surface area contributed by atoms with Crippen LogP contribution in [0.25, 0.3) is 10.1 Å². The fourth-order valence-electron chi connectivity index (χ4n) is 4.46. The molecule has 11 nitrogen and oxygen atoms in total. The minimum Gasteiger partial charge on any atom is -0.396 e. The van der Waals surface area contributed by atoms with Crippen LogP contribution in [0.1, 0.15) is 16.8 Å². The molecular formula is C22H29NO10S. The summed E-state index contributed by atoms with van der Waals surface area (Å²) >= 11 is 1.52. The molecule has 12 heteroatoms. The third-order valence-electron chi connectivity index (χ3n) is 6.54. The number of aliphatic hydroxyl groups excluding tert-OH is 7. The Morgan fingerprint density at radius 2 is 1.76 bits per heavy atom. The van der Waals surface area contributed by atoms with E-state index in [1.807, 2.05) is 11.4 Å². The van der Waals surface area contributed by atoms with Crippen LogP contribution < -0.4 is 5.32 Å². The molecule has 2 aliphatic rings. The zero-order valence-electron chi connectivity index (χ0n) is 18.0. The van der Waals surface area contributed by atoms with Crippen LogP contribution in [-0.4, -0.2) is 110 Å². The Kier molecular flexibility index (Phi) is 7.84. The van der Waals surface area contributed by atoms with Crippen molar-refractivity contribution in [1.82, 2.24) is 5.32 Å². The summed E-state index contributed by atoms with van der Waals surface area (Å²) in [7, 11) is 0. The van der Waals surface area contributed by atoms with E-state index in [1.54, 1.807) is 18.2 Å². The number of benzene rings is 1. The molecule has 2 fully saturated rings. The van der Waals surface area contributed by atoms with Crippen molar-refractivity contribution in [2.45, 2.75) is 61.5 Å². The number of thiophene rings is 1. The van der Waals surface area contributed by atoms with Crippen molar-refractivity contribution in [2.75, 3.05) is 13.2 Å². The summed E-state index contributed by atoms with van der Waals surface area (Å²) in [6.07, 6.45) is -11.5. The van der Waals surface area contributed by atoms with E-state index in [1.165, 1.54) is 11.3 Å². The molecule has 1 aliphatic carbocycles. The second kappa shape index (κ2) is 10.5. The number of amides is 1. The number of aliphatic hydroxyl groups is 7. The molecule has 0 spiro atoms. The van der Waals surface area contributed by atoms with Gasteiger partial charge in [0.25, 0.3) is 5.91 Å². The Morgan fingerprint density at radius 1 is 1.00 bits per heavy atom. The molecule has 1 aromatic carbocycles. The highest BCUT2D eigenvalue weighted by Crippen LogP contribution is 2.31. The number of nitrogens with one attached hydrogen (secondary N) is 1. The van der Waals surface area contributed by atoms with Crippen LogP contribution in [0.5, 0.6) is 0 Å². The Bertz CT molecular complexity index is 986. The Labute approximate surface area is 198 Å². The summed E-state index contributed by atoms with van der Waals surface area (Å²) in [5.74, 6) is -1.36. The fraction of sp³-hybridized carbons (Fsp3) is 0.591. The van der Waals surface area contributed by atoms with E-state index in [4.69, 9.17) is 9.47 Å². The van der Waals surface area contributed by atoms with Crippen LogP contribution in [-0.2, 0) is 9.47 Å². The second-order valence-electron chi connectivity index (χ2n) is 8.70. The molecule has 2 heterocycles. The van der Waals surface area contributed by atoms with Gasteiger partial charge in [-0.25, -0.2) is 0 Å². The summed E-state index contributed by atoms with van der Waals surface area (Å²) in [4.78, 5) is 13.0. The van der Waals surface area contributed by atoms with Crippen molar-refractivity contribution < 1.29 is 50.0 Å². The van der Waals surface area contributed by atoms with E-state index < -0.39 is 80.1 Å². The third-order valence-corrected chi connectivity index (χ3v) is 7.43. The second-order valence-corrected chi connectivity index (χ2v) is 9.65. The fourth-order valence-corrected chi connectivity index (χ4v) is 5.23. The van der Waals surface area contributed by atoms with Gasteiger partial charge < -0.3 is 50.5 Å². The molecule has 4 rings (SSSR count). The lowest BCUT2D eigenvalue weighted by Gasteiger charge is -2.46. The predicted octanol–water partition coefficient (Wildman–Crippen LogP) is -2.08. The van der Waals surface area contributed by atoms with E-state index in [0.29, 0.717) is 5.56 Å². The van der Waals surface area contributed by atoms with Gasteiger partial charge in [0, 0.05) is 22.8 Å². The summed E-state index contributed by atoms with van der Waals surface area (Å²) in [6.45, 7) is -1.12. The quantitative estimate of drug-likeness (QED) is 0.219. The monoisotopic (exact) mass is 499 g/mol. The topological polar surface area (TPSA) is 189 Å². The maximum Gasteiger partial charge on any atom is 0.251 e. The van der Waals surface area contributed by atoms with Gasteiger partial charge in [-0.3, -0.25) is 4.79 Å². The summed E-state index contributed by atoms with van der Waals surface area (Å²) < 4.78 is 12.4. The van der Waals surface area contributed by atoms with Gasteiger partial charge >= 0.3 is 0 Å². The van der Waals surface area contributed by atoms with Gasteiger partial charge in [-0.2, -0.15) is 0 Å². The van der Waals surface area contributed by atoms with E-state index in [0.717, 1.165) is 10.1 Å². The average molecular weight is 500 g/mol. The minimum atomic E-state index is -1.60. The lowest BCUT2D eigenvalue weighted by atomic mass is 9.81. The first-order chi connectivity index (χ1) is 16.2. The average Bonchev–Trinajstić information content (AvgIpc) is 3.31. The molecule has 10 atom stereocenters. The molecule has 2 aromatic rings. The van der Waals surface area contributed by atoms with Crippen molar-refractivity contribution in [1.29, 1.82) is 0 Å². The highest BCUT2D eigenvalue weighted by atomic mass is 32.1. The smallest absolute Gasteiger partial charge is 0.251 e. The highest BCUT2D eigenvalue weighted by Gasteiger charge is 2.49. The van der Waals surface area contributed by atoms with Crippen molar-refractivity contribution >= 4 is 27.3 Å².